The van der Waals surface area contributed by atoms with Gasteiger partial charge in [-0.25, -0.2) is 0 Å². The van der Waals surface area contributed by atoms with Crippen LogP contribution in [0.3, 0.4) is 0 Å². The Kier molecular flexibility index (Phi) is 4.45. The lowest BCUT2D eigenvalue weighted by Gasteiger charge is -2.35. The van der Waals surface area contributed by atoms with Crippen LogP contribution in [-0.2, 0) is 6.54 Å². The van der Waals surface area contributed by atoms with Crippen molar-refractivity contribution >= 4 is 0 Å². The number of nitrogens with one attached hydrogen (secondary N) is 1. The van der Waals surface area contributed by atoms with Gasteiger partial charge in [-0.3, -0.25) is 0 Å². The van der Waals surface area contributed by atoms with Crippen LogP contribution in [0.25, 0.3) is 0 Å². The molecule has 1 aromatic rings. The summed E-state index contributed by atoms with van der Waals surface area (Å²) in [6, 6.07) is 7.46. The number of benzene rings is 1. The van der Waals surface area contributed by atoms with Gasteiger partial charge in [0.25, 0.3) is 0 Å². The molecular formula is C17H27N. The van der Waals surface area contributed by atoms with Crippen LogP contribution in [0.1, 0.15) is 49.8 Å². The minimum Gasteiger partial charge on any atom is -0.310 e. The molecule has 0 radical (unpaired) electrons. The van der Waals surface area contributed by atoms with Crippen molar-refractivity contribution in [3.8, 4) is 0 Å². The normalized spacial score (nSPS) is 28.3. The third kappa shape index (κ3) is 3.14. The van der Waals surface area contributed by atoms with Crippen LogP contribution in [0.15, 0.2) is 18.2 Å². The Labute approximate surface area is 112 Å². The summed E-state index contributed by atoms with van der Waals surface area (Å²) in [5.74, 6) is 1.68. The fourth-order valence-corrected chi connectivity index (χ4v) is 3.10. The molecule has 0 aliphatic heterocycles. The van der Waals surface area contributed by atoms with Crippen LogP contribution in [-0.4, -0.2) is 6.04 Å². The molecule has 2 rings (SSSR count). The zero-order valence-electron chi connectivity index (χ0n) is 12.3. The molecule has 3 atom stereocenters. The molecule has 1 aliphatic carbocycles. The number of hydrogen-bond acceptors (Lipinski definition) is 1. The summed E-state index contributed by atoms with van der Waals surface area (Å²) < 4.78 is 0. The standard InChI is InChI=1S/C17H27N/c1-12-8-9-14(3)16(10-12)11-18-17-7-5-6-13(2)15(17)4/h8-10,13,15,17-18H,5-7,11H2,1-4H3. The summed E-state index contributed by atoms with van der Waals surface area (Å²) in [6.45, 7) is 10.2. The van der Waals surface area contributed by atoms with Crippen molar-refractivity contribution in [3.63, 3.8) is 0 Å². The van der Waals surface area contributed by atoms with Gasteiger partial charge < -0.3 is 5.32 Å². The van der Waals surface area contributed by atoms with Gasteiger partial charge in [0.1, 0.15) is 0 Å². The Morgan fingerprint density at radius 2 is 1.94 bits per heavy atom. The van der Waals surface area contributed by atoms with Gasteiger partial charge in [-0.2, -0.15) is 0 Å². The van der Waals surface area contributed by atoms with Crippen molar-refractivity contribution in [1.29, 1.82) is 0 Å². The van der Waals surface area contributed by atoms with Crippen LogP contribution in [0.5, 0.6) is 0 Å². The summed E-state index contributed by atoms with van der Waals surface area (Å²) in [4.78, 5) is 0. The fourth-order valence-electron chi connectivity index (χ4n) is 3.10. The summed E-state index contributed by atoms with van der Waals surface area (Å²) in [6.07, 6.45) is 4.13. The van der Waals surface area contributed by atoms with E-state index in [-0.39, 0.29) is 0 Å². The molecule has 0 amide bonds. The van der Waals surface area contributed by atoms with E-state index < -0.39 is 0 Å². The predicted molar refractivity (Wildman–Crippen MR) is 78.7 cm³/mol. The zero-order valence-corrected chi connectivity index (χ0v) is 12.3. The van der Waals surface area contributed by atoms with Crippen LogP contribution in [0.4, 0.5) is 0 Å². The monoisotopic (exact) mass is 245 g/mol. The molecule has 0 aromatic heterocycles. The van der Waals surface area contributed by atoms with Gasteiger partial charge in [0.15, 0.2) is 0 Å². The van der Waals surface area contributed by atoms with Crippen molar-refractivity contribution in [2.45, 2.75) is 59.5 Å². The topological polar surface area (TPSA) is 12.0 Å². The molecule has 3 unspecified atom stereocenters. The second kappa shape index (κ2) is 5.88. The Morgan fingerprint density at radius 1 is 1.17 bits per heavy atom. The Bertz CT molecular complexity index is 397. The smallest absolute Gasteiger partial charge is 0.0210 e. The first-order chi connectivity index (χ1) is 8.58. The Hall–Kier alpha value is -0.820. The van der Waals surface area contributed by atoms with Gasteiger partial charge in [0.2, 0.25) is 0 Å². The lowest BCUT2D eigenvalue weighted by Crippen LogP contribution is -2.40. The van der Waals surface area contributed by atoms with E-state index in [4.69, 9.17) is 0 Å². The molecule has 0 spiro atoms. The largest absolute Gasteiger partial charge is 0.310 e. The number of hydrogen-bond donors (Lipinski definition) is 1. The molecular weight excluding hydrogens is 218 g/mol. The van der Waals surface area contributed by atoms with Crippen LogP contribution in [0.2, 0.25) is 0 Å². The van der Waals surface area contributed by atoms with Gasteiger partial charge in [-0.15, -0.1) is 0 Å². The lowest BCUT2D eigenvalue weighted by molar-refractivity contribution is 0.206. The summed E-state index contributed by atoms with van der Waals surface area (Å²) in [7, 11) is 0. The highest BCUT2D eigenvalue weighted by Gasteiger charge is 2.26. The average molecular weight is 245 g/mol. The summed E-state index contributed by atoms with van der Waals surface area (Å²) in [5, 5.41) is 3.79. The molecule has 1 saturated carbocycles. The molecule has 0 saturated heterocycles. The molecule has 0 bridgehead atoms. The van der Waals surface area contributed by atoms with E-state index in [0.29, 0.717) is 6.04 Å². The first kappa shape index (κ1) is 13.6. The number of rotatable bonds is 3. The Balaban J connectivity index is 1.96. The van der Waals surface area contributed by atoms with E-state index >= 15 is 0 Å². The average Bonchev–Trinajstić information content (AvgIpc) is 2.35. The molecule has 0 heterocycles. The van der Waals surface area contributed by atoms with E-state index in [1.807, 2.05) is 0 Å². The van der Waals surface area contributed by atoms with Gasteiger partial charge in [0.05, 0.1) is 0 Å². The van der Waals surface area contributed by atoms with E-state index in [1.54, 1.807) is 0 Å². The maximum absolute atomic E-state index is 3.79. The lowest BCUT2D eigenvalue weighted by atomic mass is 9.78. The highest BCUT2D eigenvalue weighted by molar-refractivity contribution is 5.30. The molecule has 1 N–H and O–H groups in total. The van der Waals surface area contributed by atoms with E-state index in [9.17, 15) is 0 Å². The van der Waals surface area contributed by atoms with Crippen molar-refractivity contribution < 1.29 is 0 Å². The van der Waals surface area contributed by atoms with E-state index in [2.05, 4.69) is 51.2 Å². The van der Waals surface area contributed by atoms with Gasteiger partial charge in [-0.1, -0.05) is 50.5 Å². The minimum atomic E-state index is 0.702. The van der Waals surface area contributed by atoms with Crippen molar-refractivity contribution in [2.24, 2.45) is 11.8 Å². The maximum atomic E-state index is 3.79. The highest BCUT2D eigenvalue weighted by Crippen LogP contribution is 2.29. The first-order valence-electron chi connectivity index (χ1n) is 7.37. The SMILES string of the molecule is Cc1ccc(C)c(CNC2CCCC(C)C2C)c1. The van der Waals surface area contributed by atoms with E-state index in [0.717, 1.165) is 18.4 Å². The van der Waals surface area contributed by atoms with Gasteiger partial charge in [-0.05, 0) is 43.2 Å². The van der Waals surface area contributed by atoms with Crippen LogP contribution in [0, 0.1) is 25.7 Å². The number of aryl methyl sites for hydroxylation is 2. The van der Waals surface area contributed by atoms with Crippen LogP contribution < -0.4 is 5.32 Å². The van der Waals surface area contributed by atoms with Gasteiger partial charge >= 0.3 is 0 Å². The fraction of sp³-hybridized carbons (Fsp3) is 0.647. The first-order valence-corrected chi connectivity index (χ1v) is 7.37. The van der Waals surface area contributed by atoms with E-state index in [1.165, 1.54) is 36.0 Å². The summed E-state index contributed by atoms with van der Waals surface area (Å²) in [5.41, 5.74) is 4.23. The molecule has 1 nitrogen and oxygen atoms in total. The van der Waals surface area contributed by atoms with Crippen LogP contribution >= 0.6 is 0 Å². The van der Waals surface area contributed by atoms with Crippen molar-refractivity contribution in [1.82, 2.24) is 5.32 Å². The quantitative estimate of drug-likeness (QED) is 0.841. The predicted octanol–water partition coefficient (Wildman–Crippen LogP) is 4.22. The van der Waals surface area contributed by atoms with Crippen molar-refractivity contribution in [3.05, 3.63) is 34.9 Å². The maximum Gasteiger partial charge on any atom is 0.0210 e. The zero-order chi connectivity index (χ0) is 13.1. The third-order valence-corrected chi connectivity index (χ3v) is 4.77. The van der Waals surface area contributed by atoms with Gasteiger partial charge in [0, 0.05) is 12.6 Å². The summed E-state index contributed by atoms with van der Waals surface area (Å²) >= 11 is 0. The molecule has 1 heteroatoms. The third-order valence-electron chi connectivity index (χ3n) is 4.77. The minimum absolute atomic E-state index is 0.702. The second-order valence-electron chi connectivity index (χ2n) is 6.18. The highest BCUT2D eigenvalue weighted by atomic mass is 14.9. The molecule has 1 aliphatic rings. The molecule has 1 aromatic carbocycles. The molecule has 18 heavy (non-hydrogen) atoms. The second-order valence-corrected chi connectivity index (χ2v) is 6.18. The molecule has 1 fully saturated rings. The Morgan fingerprint density at radius 3 is 2.72 bits per heavy atom. The molecule has 100 valence electrons. The van der Waals surface area contributed by atoms with Crippen molar-refractivity contribution in [2.75, 3.05) is 0 Å².